The van der Waals surface area contributed by atoms with Crippen LogP contribution in [0.15, 0.2) is 30.3 Å². The molecule has 1 unspecified atom stereocenters. The van der Waals surface area contributed by atoms with Gasteiger partial charge in [-0.15, -0.1) is 0 Å². The number of carboxylic acid groups (broad SMARTS) is 1. The van der Waals surface area contributed by atoms with Crippen LogP contribution in [-0.4, -0.2) is 54.1 Å². The van der Waals surface area contributed by atoms with Gasteiger partial charge in [-0.2, -0.15) is 0 Å². The average molecular weight is 290 g/mol. The summed E-state index contributed by atoms with van der Waals surface area (Å²) in [4.78, 5) is 15.7. The van der Waals surface area contributed by atoms with Crippen molar-refractivity contribution in [2.75, 3.05) is 27.7 Å². The van der Waals surface area contributed by atoms with E-state index in [1.54, 1.807) is 0 Å². The lowest BCUT2D eigenvalue weighted by molar-refractivity contribution is -0.138. The van der Waals surface area contributed by atoms with E-state index >= 15 is 0 Å². The Morgan fingerprint density at radius 3 is 2.29 bits per heavy atom. The summed E-state index contributed by atoms with van der Waals surface area (Å²) in [6.07, 6.45) is 3.79. The fourth-order valence-corrected chi connectivity index (χ4v) is 3.27. The Morgan fingerprint density at radius 1 is 1.24 bits per heavy atom. The molecule has 1 aliphatic rings. The smallest absolute Gasteiger partial charge is 0.305 e. The van der Waals surface area contributed by atoms with E-state index in [4.69, 9.17) is 0 Å². The summed E-state index contributed by atoms with van der Waals surface area (Å²) in [5.74, 6) is -0.747. The Kier molecular flexibility index (Phi) is 5.01. The summed E-state index contributed by atoms with van der Waals surface area (Å²) in [6, 6.07) is 9.89. The van der Waals surface area contributed by atoms with Gasteiger partial charge in [0.1, 0.15) is 0 Å². The minimum Gasteiger partial charge on any atom is -0.481 e. The maximum atomic E-state index is 11.2. The van der Waals surface area contributed by atoms with Crippen LogP contribution < -0.4 is 0 Å². The zero-order chi connectivity index (χ0) is 15.5. The molecule has 4 heteroatoms. The second-order valence-corrected chi connectivity index (χ2v) is 6.41. The Bertz CT molecular complexity index is 469. The number of likely N-dealkylation sites (N-methyl/N-ethyl adjacent to an activating group) is 2. The molecule has 2 rings (SSSR count). The van der Waals surface area contributed by atoms with Crippen molar-refractivity contribution in [2.45, 2.75) is 37.3 Å². The van der Waals surface area contributed by atoms with Crippen molar-refractivity contribution < 1.29 is 9.90 Å². The maximum Gasteiger partial charge on any atom is 0.305 e. The number of hydrogen-bond donors (Lipinski definition) is 1. The first-order chi connectivity index (χ1) is 9.94. The molecule has 116 valence electrons. The topological polar surface area (TPSA) is 43.8 Å². The van der Waals surface area contributed by atoms with Gasteiger partial charge in [0.25, 0.3) is 0 Å². The van der Waals surface area contributed by atoms with E-state index in [1.165, 1.54) is 19.3 Å². The van der Waals surface area contributed by atoms with Gasteiger partial charge in [-0.3, -0.25) is 9.69 Å². The van der Waals surface area contributed by atoms with E-state index in [0.717, 1.165) is 12.1 Å². The number of carboxylic acids is 1. The molecule has 1 aliphatic carbocycles. The Labute approximate surface area is 127 Å². The van der Waals surface area contributed by atoms with Gasteiger partial charge in [0.15, 0.2) is 0 Å². The Hall–Kier alpha value is -1.39. The molecule has 1 atom stereocenters. The predicted octanol–water partition coefficient (Wildman–Crippen LogP) is 2.62. The van der Waals surface area contributed by atoms with Gasteiger partial charge in [0.05, 0.1) is 6.42 Å². The van der Waals surface area contributed by atoms with Gasteiger partial charge in [-0.05, 0) is 46.0 Å². The molecule has 0 aliphatic heterocycles. The molecule has 0 radical (unpaired) electrons. The molecule has 0 spiro atoms. The van der Waals surface area contributed by atoms with Crippen LogP contribution in [0.2, 0.25) is 0 Å². The van der Waals surface area contributed by atoms with Crippen LogP contribution in [0.1, 0.15) is 37.3 Å². The monoisotopic (exact) mass is 290 g/mol. The number of carbonyl (C=O) groups is 1. The zero-order valence-corrected chi connectivity index (χ0v) is 13.2. The maximum absolute atomic E-state index is 11.2. The molecule has 1 saturated carbocycles. The SMILES string of the molecule is CN(CC1(N(C)C)CCC1)C(CC(=O)O)c1ccccc1. The van der Waals surface area contributed by atoms with Gasteiger partial charge in [0.2, 0.25) is 0 Å². The third kappa shape index (κ3) is 3.63. The second kappa shape index (κ2) is 6.58. The molecule has 0 bridgehead atoms. The van der Waals surface area contributed by atoms with Gasteiger partial charge in [-0.1, -0.05) is 30.3 Å². The largest absolute Gasteiger partial charge is 0.481 e. The molecule has 1 aromatic rings. The average Bonchev–Trinajstić information content (AvgIpc) is 2.40. The van der Waals surface area contributed by atoms with E-state index in [-0.39, 0.29) is 18.0 Å². The molecule has 1 N–H and O–H groups in total. The number of hydrogen-bond acceptors (Lipinski definition) is 3. The fraction of sp³-hybridized carbons (Fsp3) is 0.588. The van der Waals surface area contributed by atoms with E-state index in [0.29, 0.717) is 0 Å². The Balaban J connectivity index is 2.15. The molecule has 0 amide bonds. The van der Waals surface area contributed by atoms with E-state index < -0.39 is 5.97 Å². The lowest BCUT2D eigenvalue weighted by atomic mass is 9.75. The summed E-state index contributed by atoms with van der Waals surface area (Å²) in [5, 5.41) is 9.24. The van der Waals surface area contributed by atoms with Gasteiger partial charge in [0, 0.05) is 18.1 Å². The lowest BCUT2D eigenvalue weighted by Crippen LogP contribution is -2.57. The van der Waals surface area contributed by atoms with Crippen molar-refractivity contribution in [3.63, 3.8) is 0 Å². The molecule has 0 aromatic heterocycles. The van der Waals surface area contributed by atoms with Crippen molar-refractivity contribution in [2.24, 2.45) is 0 Å². The van der Waals surface area contributed by atoms with Crippen LogP contribution in [0.3, 0.4) is 0 Å². The first-order valence-electron chi connectivity index (χ1n) is 7.59. The Morgan fingerprint density at radius 2 is 1.86 bits per heavy atom. The van der Waals surface area contributed by atoms with Gasteiger partial charge < -0.3 is 10.0 Å². The minimum absolute atomic E-state index is 0.0684. The zero-order valence-electron chi connectivity index (χ0n) is 13.2. The number of rotatable bonds is 7. The molecule has 0 saturated heterocycles. The van der Waals surface area contributed by atoms with Crippen molar-refractivity contribution in [1.82, 2.24) is 9.80 Å². The van der Waals surface area contributed by atoms with Crippen molar-refractivity contribution >= 4 is 5.97 Å². The number of aliphatic carboxylic acids is 1. The minimum atomic E-state index is -0.747. The summed E-state index contributed by atoms with van der Waals surface area (Å²) >= 11 is 0. The van der Waals surface area contributed by atoms with E-state index in [9.17, 15) is 9.90 Å². The standard InChI is InChI=1S/C17H26N2O2/c1-18(2)17(10-7-11-17)13-19(3)15(12-16(20)21)14-8-5-4-6-9-14/h4-6,8-9,15H,7,10-13H2,1-3H3,(H,20,21). The molecule has 1 fully saturated rings. The van der Waals surface area contributed by atoms with Crippen LogP contribution in [0.5, 0.6) is 0 Å². The molecule has 1 aromatic carbocycles. The highest BCUT2D eigenvalue weighted by Gasteiger charge is 2.41. The van der Waals surface area contributed by atoms with E-state index in [1.807, 2.05) is 37.4 Å². The van der Waals surface area contributed by atoms with Crippen LogP contribution in [0.4, 0.5) is 0 Å². The van der Waals surface area contributed by atoms with Crippen molar-refractivity contribution in [3.05, 3.63) is 35.9 Å². The summed E-state index contributed by atoms with van der Waals surface area (Å²) in [6.45, 7) is 0.910. The highest BCUT2D eigenvalue weighted by Crippen LogP contribution is 2.38. The van der Waals surface area contributed by atoms with Crippen LogP contribution in [0.25, 0.3) is 0 Å². The predicted molar refractivity (Wildman–Crippen MR) is 84.3 cm³/mol. The highest BCUT2D eigenvalue weighted by molar-refractivity contribution is 5.67. The summed E-state index contributed by atoms with van der Waals surface area (Å²) < 4.78 is 0. The third-order valence-corrected chi connectivity index (χ3v) is 4.86. The molecular formula is C17H26N2O2. The van der Waals surface area contributed by atoms with E-state index in [2.05, 4.69) is 23.9 Å². The fourth-order valence-electron chi connectivity index (χ4n) is 3.27. The van der Waals surface area contributed by atoms with Crippen molar-refractivity contribution in [1.29, 1.82) is 0 Å². The first-order valence-corrected chi connectivity index (χ1v) is 7.59. The number of nitrogens with zero attached hydrogens (tertiary/aromatic N) is 2. The normalized spacial score (nSPS) is 18.5. The summed E-state index contributed by atoms with van der Waals surface area (Å²) in [5.41, 5.74) is 1.29. The number of benzene rings is 1. The molecule has 21 heavy (non-hydrogen) atoms. The van der Waals surface area contributed by atoms with Crippen LogP contribution in [0, 0.1) is 0 Å². The third-order valence-electron chi connectivity index (χ3n) is 4.86. The highest BCUT2D eigenvalue weighted by atomic mass is 16.4. The van der Waals surface area contributed by atoms with Gasteiger partial charge in [-0.25, -0.2) is 0 Å². The summed E-state index contributed by atoms with van der Waals surface area (Å²) in [7, 11) is 6.30. The first kappa shape index (κ1) is 16.0. The molecule has 4 nitrogen and oxygen atoms in total. The van der Waals surface area contributed by atoms with Gasteiger partial charge >= 0.3 is 5.97 Å². The van der Waals surface area contributed by atoms with Crippen LogP contribution >= 0.6 is 0 Å². The molecule has 0 heterocycles. The molecular weight excluding hydrogens is 264 g/mol. The van der Waals surface area contributed by atoms with Crippen molar-refractivity contribution in [3.8, 4) is 0 Å². The quantitative estimate of drug-likeness (QED) is 0.838. The van der Waals surface area contributed by atoms with Crippen LogP contribution in [-0.2, 0) is 4.79 Å². The lowest BCUT2D eigenvalue weighted by Gasteiger charge is -2.50. The second-order valence-electron chi connectivity index (χ2n) is 6.41.